The summed E-state index contributed by atoms with van der Waals surface area (Å²) in [6.07, 6.45) is 3.04. The Labute approximate surface area is 130 Å². The molecule has 1 aliphatic carbocycles. The van der Waals surface area contributed by atoms with Crippen LogP contribution in [-0.4, -0.2) is 8.42 Å². The molecule has 1 heterocycles. The Hall–Kier alpha value is -1.85. The standard InChI is InChI=1S/C17H19NO3S/c1-12-7-10-17(21-12)13(2)18-22(19,20)16-9-8-14-5-3-4-6-15(14)11-16/h3-7,10-11,13,18H,8-9H2,1-2H3/t13-/m1/s1. The fourth-order valence-corrected chi connectivity index (χ4v) is 4.06. The first kappa shape index (κ1) is 15.1. The van der Waals surface area contributed by atoms with Crippen LogP contribution in [0.3, 0.4) is 0 Å². The molecule has 5 heteroatoms. The van der Waals surface area contributed by atoms with E-state index in [-0.39, 0.29) is 0 Å². The van der Waals surface area contributed by atoms with Crippen LogP contribution in [0.1, 0.15) is 42.0 Å². The minimum atomic E-state index is -3.51. The summed E-state index contributed by atoms with van der Waals surface area (Å²) in [4.78, 5) is 0.432. The fourth-order valence-electron chi connectivity index (χ4n) is 2.67. The minimum absolute atomic E-state index is 0.392. The molecule has 0 spiro atoms. The van der Waals surface area contributed by atoms with Gasteiger partial charge in [-0.1, -0.05) is 24.3 Å². The van der Waals surface area contributed by atoms with Gasteiger partial charge in [-0.25, -0.2) is 13.1 Å². The van der Waals surface area contributed by atoms with E-state index in [9.17, 15) is 8.42 Å². The van der Waals surface area contributed by atoms with E-state index in [1.165, 1.54) is 5.56 Å². The molecule has 3 rings (SSSR count). The number of nitrogens with one attached hydrogen (secondary N) is 1. The van der Waals surface area contributed by atoms with Crippen molar-refractivity contribution in [2.75, 3.05) is 0 Å². The molecule has 1 aromatic heterocycles. The van der Waals surface area contributed by atoms with Crippen LogP contribution in [0.5, 0.6) is 0 Å². The van der Waals surface area contributed by atoms with Crippen LogP contribution in [0.25, 0.3) is 6.08 Å². The van der Waals surface area contributed by atoms with E-state index in [4.69, 9.17) is 4.42 Å². The number of benzene rings is 1. The Morgan fingerprint density at radius 3 is 2.64 bits per heavy atom. The van der Waals surface area contributed by atoms with E-state index in [1.807, 2.05) is 37.3 Å². The van der Waals surface area contributed by atoms with Gasteiger partial charge in [0.2, 0.25) is 10.0 Å². The Morgan fingerprint density at radius 1 is 1.14 bits per heavy atom. The molecule has 116 valence electrons. The lowest BCUT2D eigenvalue weighted by Crippen LogP contribution is -2.28. The van der Waals surface area contributed by atoms with Gasteiger partial charge in [0.15, 0.2) is 0 Å². The lowest BCUT2D eigenvalue weighted by atomic mass is 9.98. The highest BCUT2D eigenvalue weighted by Crippen LogP contribution is 2.28. The van der Waals surface area contributed by atoms with E-state index in [0.717, 1.165) is 17.7 Å². The lowest BCUT2D eigenvalue weighted by Gasteiger charge is -2.19. The van der Waals surface area contributed by atoms with Gasteiger partial charge in [0, 0.05) is 0 Å². The number of hydrogen-bond donors (Lipinski definition) is 1. The molecule has 0 saturated heterocycles. The number of sulfonamides is 1. The number of aryl methyl sites for hydroxylation is 2. The second-order valence-corrected chi connectivity index (χ2v) is 7.37. The van der Waals surface area contributed by atoms with Crippen molar-refractivity contribution < 1.29 is 12.8 Å². The Bertz CT molecular complexity index is 818. The Balaban J connectivity index is 1.83. The monoisotopic (exact) mass is 317 g/mol. The summed E-state index contributed by atoms with van der Waals surface area (Å²) in [5, 5.41) is 0. The molecule has 4 nitrogen and oxygen atoms in total. The number of hydrogen-bond acceptors (Lipinski definition) is 3. The van der Waals surface area contributed by atoms with Gasteiger partial charge in [0.1, 0.15) is 11.5 Å². The van der Waals surface area contributed by atoms with Crippen molar-refractivity contribution >= 4 is 16.1 Å². The molecule has 1 aliphatic rings. The zero-order valence-corrected chi connectivity index (χ0v) is 13.5. The predicted octanol–water partition coefficient (Wildman–Crippen LogP) is 3.56. The second-order valence-electron chi connectivity index (χ2n) is 5.60. The van der Waals surface area contributed by atoms with Crippen LogP contribution in [0.15, 0.2) is 45.7 Å². The topological polar surface area (TPSA) is 59.3 Å². The van der Waals surface area contributed by atoms with Gasteiger partial charge in [-0.2, -0.15) is 0 Å². The van der Waals surface area contributed by atoms with E-state index in [2.05, 4.69) is 4.72 Å². The molecular formula is C17H19NO3S. The summed E-state index contributed by atoms with van der Waals surface area (Å²) in [5.74, 6) is 1.39. The highest BCUT2D eigenvalue weighted by Gasteiger charge is 2.24. The van der Waals surface area contributed by atoms with Crippen LogP contribution in [0.2, 0.25) is 0 Å². The van der Waals surface area contributed by atoms with E-state index < -0.39 is 16.1 Å². The summed E-state index contributed by atoms with van der Waals surface area (Å²) in [5.41, 5.74) is 2.17. The molecular weight excluding hydrogens is 298 g/mol. The normalized spacial score (nSPS) is 16.0. The molecule has 22 heavy (non-hydrogen) atoms. The van der Waals surface area contributed by atoms with Crippen molar-refractivity contribution in [3.05, 3.63) is 64.0 Å². The summed E-state index contributed by atoms with van der Waals surface area (Å²) in [6, 6.07) is 11.1. The third-order valence-corrected chi connectivity index (χ3v) is 5.55. The van der Waals surface area contributed by atoms with Crippen LogP contribution < -0.4 is 4.72 Å². The van der Waals surface area contributed by atoms with Crippen molar-refractivity contribution in [3.8, 4) is 0 Å². The first-order valence-electron chi connectivity index (χ1n) is 7.33. The van der Waals surface area contributed by atoms with Gasteiger partial charge in [0.05, 0.1) is 10.9 Å². The van der Waals surface area contributed by atoms with Crippen molar-refractivity contribution in [2.45, 2.75) is 32.7 Å². The van der Waals surface area contributed by atoms with Crippen LogP contribution in [-0.2, 0) is 16.4 Å². The molecule has 0 radical (unpaired) electrons. The van der Waals surface area contributed by atoms with Crippen molar-refractivity contribution in [3.63, 3.8) is 0 Å². The quantitative estimate of drug-likeness (QED) is 0.938. The minimum Gasteiger partial charge on any atom is -0.465 e. The molecule has 0 aliphatic heterocycles. The van der Waals surface area contributed by atoms with Crippen molar-refractivity contribution in [1.29, 1.82) is 0 Å². The SMILES string of the molecule is Cc1ccc([C@@H](C)NS(=O)(=O)C2=Cc3ccccc3CC2)o1. The Kier molecular flexibility index (Phi) is 3.93. The highest BCUT2D eigenvalue weighted by molar-refractivity contribution is 7.93. The predicted molar refractivity (Wildman–Crippen MR) is 86.7 cm³/mol. The molecule has 0 amide bonds. The Morgan fingerprint density at radius 2 is 1.91 bits per heavy atom. The maximum absolute atomic E-state index is 12.6. The number of fused-ring (bicyclic) bond motifs is 1. The van der Waals surface area contributed by atoms with Gasteiger partial charge in [-0.05, 0) is 56.0 Å². The first-order valence-corrected chi connectivity index (χ1v) is 8.81. The van der Waals surface area contributed by atoms with Crippen LogP contribution in [0, 0.1) is 6.92 Å². The lowest BCUT2D eigenvalue weighted by molar-refractivity contribution is 0.442. The van der Waals surface area contributed by atoms with Gasteiger partial charge < -0.3 is 4.42 Å². The van der Waals surface area contributed by atoms with E-state index in [0.29, 0.717) is 17.1 Å². The third kappa shape index (κ3) is 3.00. The molecule has 1 aromatic carbocycles. The van der Waals surface area contributed by atoms with Gasteiger partial charge in [0.25, 0.3) is 0 Å². The smallest absolute Gasteiger partial charge is 0.237 e. The number of allylic oxidation sites excluding steroid dienone is 1. The van der Waals surface area contributed by atoms with Gasteiger partial charge in [-0.15, -0.1) is 0 Å². The molecule has 0 fully saturated rings. The zero-order valence-electron chi connectivity index (χ0n) is 12.7. The zero-order chi connectivity index (χ0) is 15.7. The molecule has 1 N–H and O–H groups in total. The second kappa shape index (κ2) is 5.74. The number of furan rings is 1. The maximum Gasteiger partial charge on any atom is 0.237 e. The summed E-state index contributed by atoms with van der Waals surface area (Å²) in [6.45, 7) is 3.62. The summed E-state index contributed by atoms with van der Waals surface area (Å²) in [7, 11) is -3.51. The van der Waals surface area contributed by atoms with Gasteiger partial charge in [-0.3, -0.25) is 0 Å². The molecule has 2 aromatic rings. The number of rotatable bonds is 4. The third-order valence-electron chi connectivity index (χ3n) is 3.88. The first-order chi connectivity index (χ1) is 10.5. The summed E-state index contributed by atoms with van der Waals surface area (Å²) >= 11 is 0. The maximum atomic E-state index is 12.6. The van der Waals surface area contributed by atoms with Crippen LogP contribution in [0.4, 0.5) is 0 Å². The summed E-state index contributed by atoms with van der Waals surface area (Å²) < 4.78 is 33.3. The van der Waals surface area contributed by atoms with E-state index in [1.54, 1.807) is 19.1 Å². The molecule has 0 saturated carbocycles. The van der Waals surface area contributed by atoms with E-state index >= 15 is 0 Å². The average molecular weight is 317 g/mol. The largest absolute Gasteiger partial charge is 0.465 e. The van der Waals surface area contributed by atoms with Gasteiger partial charge >= 0.3 is 0 Å². The fraction of sp³-hybridized carbons (Fsp3) is 0.294. The molecule has 0 unspecified atom stereocenters. The highest BCUT2D eigenvalue weighted by atomic mass is 32.2. The molecule has 1 atom stereocenters. The average Bonchev–Trinajstić information content (AvgIpc) is 2.93. The van der Waals surface area contributed by atoms with Crippen molar-refractivity contribution in [2.24, 2.45) is 0 Å². The van der Waals surface area contributed by atoms with Crippen molar-refractivity contribution in [1.82, 2.24) is 4.72 Å². The van der Waals surface area contributed by atoms with Crippen LogP contribution >= 0.6 is 0 Å². The molecule has 0 bridgehead atoms.